The van der Waals surface area contributed by atoms with E-state index < -0.39 is 10.0 Å². The Morgan fingerprint density at radius 1 is 1.42 bits per heavy atom. The molecular weight excluding hydrogens is 348 g/mol. The van der Waals surface area contributed by atoms with E-state index in [4.69, 9.17) is 4.74 Å². The number of hydrogen-bond donors (Lipinski definition) is 2. The molecule has 0 radical (unpaired) electrons. The molecule has 134 valence electrons. The van der Waals surface area contributed by atoms with Crippen LogP contribution >= 0.6 is 11.8 Å². The molecule has 0 saturated heterocycles. The van der Waals surface area contributed by atoms with Gasteiger partial charge in [-0.25, -0.2) is 13.1 Å². The van der Waals surface area contributed by atoms with Crippen molar-refractivity contribution >= 4 is 33.4 Å². The molecule has 1 unspecified atom stereocenters. The highest BCUT2D eigenvalue weighted by Crippen LogP contribution is 2.34. The Morgan fingerprint density at radius 2 is 2.17 bits per heavy atom. The van der Waals surface area contributed by atoms with Crippen molar-refractivity contribution in [1.82, 2.24) is 4.72 Å². The molecule has 2 N–H and O–H groups in total. The van der Waals surface area contributed by atoms with Crippen molar-refractivity contribution in [2.45, 2.75) is 43.1 Å². The summed E-state index contributed by atoms with van der Waals surface area (Å²) in [6, 6.07) is 4.83. The molecule has 0 spiro atoms. The zero-order chi connectivity index (χ0) is 17.7. The van der Waals surface area contributed by atoms with E-state index in [-0.39, 0.29) is 22.8 Å². The molecule has 1 aromatic rings. The summed E-state index contributed by atoms with van der Waals surface area (Å²) in [4.78, 5) is 13.0. The predicted octanol–water partition coefficient (Wildman–Crippen LogP) is 2.46. The highest BCUT2D eigenvalue weighted by molar-refractivity contribution is 7.99. The van der Waals surface area contributed by atoms with Crippen molar-refractivity contribution in [2.75, 3.05) is 24.2 Å². The van der Waals surface area contributed by atoms with E-state index in [9.17, 15) is 13.2 Å². The second-order valence-electron chi connectivity index (χ2n) is 6.03. The average molecular weight is 373 g/mol. The molecule has 0 fully saturated rings. The number of amides is 1. The second kappa shape index (κ2) is 8.33. The fourth-order valence-electron chi connectivity index (χ4n) is 2.13. The lowest BCUT2D eigenvalue weighted by molar-refractivity contribution is -0.118. The quantitative estimate of drug-likeness (QED) is 0.718. The third kappa shape index (κ3) is 5.20. The van der Waals surface area contributed by atoms with Gasteiger partial charge in [0.15, 0.2) is 0 Å². The Labute approximate surface area is 147 Å². The van der Waals surface area contributed by atoms with Crippen LogP contribution in [0.3, 0.4) is 0 Å². The fourth-order valence-corrected chi connectivity index (χ4v) is 4.24. The zero-order valence-corrected chi connectivity index (χ0v) is 15.8. The van der Waals surface area contributed by atoms with Gasteiger partial charge in [0.25, 0.3) is 0 Å². The van der Waals surface area contributed by atoms with E-state index in [1.165, 1.54) is 6.07 Å². The van der Waals surface area contributed by atoms with Crippen LogP contribution in [0.5, 0.6) is 0 Å². The van der Waals surface area contributed by atoms with Crippen molar-refractivity contribution in [3.05, 3.63) is 18.2 Å². The van der Waals surface area contributed by atoms with Crippen LogP contribution < -0.4 is 10.0 Å². The summed E-state index contributed by atoms with van der Waals surface area (Å²) in [5.74, 6) is 0.482. The number of carbonyl (C=O) groups is 1. The second-order valence-corrected chi connectivity index (χ2v) is 8.86. The third-order valence-electron chi connectivity index (χ3n) is 3.52. The van der Waals surface area contributed by atoms with E-state index in [2.05, 4.69) is 10.0 Å². The van der Waals surface area contributed by atoms with Gasteiger partial charge < -0.3 is 10.1 Å². The van der Waals surface area contributed by atoms with Gasteiger partial charge >= 0.3 is 0 Å². The molecule has 0 aliphatic carbocycles. The maximum atomic E-state index is 12.4. The van der Waals surface area contributed by atoms with Crippen molar-refractivity contribution < 1.29 is 17.9 Å². The van der Waals surface area contributed by atoms with Crippen molar-refractivity contribution in [3.8, 4) is 0 Å². The van der Waals surface area contributed by atoms with Gasteiger partial charge in [-0.3, -0.25) is 4.79 Å². The van der Waals surface area contributed by atoms with Gasteiger partial charge in [-0.2, -0.15) is 0 Å². The first-order valence-corrected chi connectivity index (χ1v) is 10.5. The van der Waals surface area contributed by atoms with Crippen LogP contribution in [0.25, 0.3) is 0 Å². The minimum absolute atomic E-state index is 0.0883. The van der Waals surface area contributed by atoms with E-state index >= 15 is 0 Å². The molecule has 24 heavy (non-hydrogen) atoms. The van der Waals surface area contributed by atoms with Crippen LogP contribution in [-0.2, 0) is 19.6 Å². The highest BCUT2D eigenvalue weighted by Gasteiger charge is 2.22. The van der Waals surface area contributed by atoms with E-state index in [1.54, 1.807) is 23.9 Å². The Bertz CT molecular complexity index is 689. The minimum Gasteiger partial charge on any atom is -0.379 e. The normalized spacial score (nSPS) is 18.2. The number of fused-ring (bicyclic) bond motifs is 1. The number of nitrogens with one attached hydrogen (secondary N) is 2. The summed E-state index contributed by atoms with van der Waals surface area (Å²) < 4.78 is 32.7. The number of carbonyl (C=O) groups excluding carboxylic acids is 1. The molecule has 0 aromatic heterocycles. The lowest BCUT2D eigenvalue weighted by Crippen LogP contribution is -2.26. The summed E-state index contributed by atoms with van der Waals surface area (Å²) in [5, 5.41) is 2.80. The van der Waals surface area contributed by atoms with E-state index in [0.717, 1.165) is 4.90 Å². The van der Waals surface area contributed by atoms with Gasteiger partial charge in [0.1, 0.15) is 0 Å². The van der Waals surface area contributed by atoms with Crippen molar-refractivity contribution in [1.29, 1.82) is 0 Å². The first kappa shape index (κ1) is 19.2. The van der Waals surface area contributed by atoms with Crippen LogP contribution in [0, 0.1) is 5.92 Å². The van der Waals surface area contributed by atoms with Gasteiger partial charge in [-0.15, -0.1) is 11.8 Å². The molecule has 1 atom stereocenters. The lowest BCUT2D eigenvalue weighted by atomic mass is 10.2. The SMILES string of the molecule is CC(C)OCCCNS(=O)(=O)c1ccc2c(c1)NC(=O)C(C)CS2. The number of thioether (sulfide) groups is 1. The monoisotopic (exact) mass is 372 g/mol. The summed E-state index contributed by atoms with van der Waals surface area (Å²) >= 11 is 1.55. The summed E-state index contributed by atoms with van der Waals surface area (Å²) in [6.45, 7) is 6.55. The molecule has 1 aliphatic heterocycles. The van der Waals surface area contributed by atoms with Gasteiger partial charge in [-0.05, 0) is 38.5 Å². The third-order valence-corrected chi connectivity index (χ3v) is 6.31. The van der Waals surface area contributed by atoms with E-state index in [0.29, 0.717) is 31.0 Å². The number of ether oxygens (including phenoxy) is 1. The fraction of sp³-hybridized carbons (Fsp3) is 0.562. The molecule has 0 saturated carbocycles. The zero-order valence-electron chi connectivity index (χ0n) is 14.2. The predicted molar refractivity (Wildman–Crippen MR) is 95.9 cm³/mol. The number of benzene rings is 1. The van der Waals surface area contributed by atoms with Crippen molar-refractivity contribution in [3.63, 3.8) is 0 Å². The van der Waals surface area contributed by atoms with Crippen LogP contribution in [0.2, 0.25) is 0 Å². The van der Waals surface area contributed by atoms with Crippen LogP contribution in [0.15, 0.2) is 28.0 Å². The molecule has 1 aliphatic rings. The minimum atomic E-state index is -3.60. The number of rotatable bonds is 7. The lowest BCUT2D eigenvalue weighted by Gasteiger charge is -2.11. The first-order valence-electron chi connectivity index (χ1n) is 7.98. The topological polar surface area (TPSA) is 84.5 Å². The molecule has 0 bridgehead atoms. The standard InChI is InChI=1S/C16H24N2O4S2/c1-11(2)22-8-4-7-17-24(20,21)13-5-6-15-14(9-13)18-16(19)12(3)10-23-15/h5-6,9,11-12,17H,4,7-8,10H2,1-3H3,(H,18,19). The smallest absolute Gasteiger partial charge is 0.240 e. The Balaban J connectivity index is 2.03. The van der Waals surface area contributed by atoms with Crippen LogP contribution in [0.4, 0.5) is 5.69 Å². The summed E-state index contributed by atoms with van der Waals surface area (Å²) in [7, 11) is -3.60. The van der Waals surface area contributed by atoms with Gasteiger partial charge in [0.2, 0.25) is 15.9 Å². The van der Waals surface area contributed by atoms with E-state index in [1.807, 2.05) is 20.8 Å². The Morgan fingerprint density at radius 3 is 2.88 bits per heavy atom. The maximum Gasteiger partial charge on any atom is 0.240 e. The molecule has 8 heteroatoms. The Hall–Kier alpha value is -1.09. The van der Waals surface area contributed by atoms with Gasteiger partial charge in [0, 0.05) is 29.7 Å². The van der Waals surface area contributed by atoms with Crippen LogP contribution in [-0.4, -0.2) is 39.3 Å². The Kier molecular flexibility index (Phi) is 6.68. The van der Waals surface area contributed by atoms with Crippen LogP contribution in [0.1, 0.15) is 27.2 Å². The summed E-state index contributed by atoms with van der Waals surface area (Å²) in [6.07, 6.45) is 0.738. The number of sulfonamides is 1. The molecule has 2 rings (SSSR count). The molecule has 6 nitrogen and oxygen atoms in total. The maximum absolute atomic E-state index is 12.4. The molecule has 1 heterocycles. The van der Waals surface area contributed by atoms with Crippen molar-refractivity contribution in [2.24, 2.45) is 5.92 Å². The summed E-state index contributed by atoms with van der Waals surface area (Å²) in [5.41, 5.74) is 0.556. The molecular formula is C16H24N2O4S2. The van der Waals surface area contributed by atoms with Gasteiger partial charge in [0.05, 0.1) is 16.7 Å². The number of hydrogen-bond acceptors (Lipinski definition) is 5. The molecule has 1 aromatic carbocycles. The largest absolute Gasteiger partial charge is 0.379 e. The first-order chi connectivity index (χ1) is 11.3. The average Bonchev–Trinajstić information content (AvgIpc) is 2.65. The number of anilines is 1. The highest BCUT2D eigenvalue weighted by atomic mass is 32.2. The molecule has 1 amide bonds. The van der Waals surface area contributed by atoms with Gasteiger partial charge in [-0.1, -0.05) is 6.92 Å².